The van der Waals surface area contributed by atoms with Crippen molar-refractivity contribution < 1.29 is 17.3 Å². The van der Waals surface area contributed by atoms with Crippen LogP contribution in [-0.2, 0) is 0 Å². The average molecular weight is 277 g/mol. The summed E-state index contributed by atoms with van der Waals surface area (Å²) in [5, 5.41) is 0.949. The molecule has 0 aromatic carbocycles. The Labute approximate surface area is 103 Å². The molecule has 2 N–H and O–H groups in total. The van der Waals surface area contributed by atoms with Crippen molar-refractivity contribution in [1.82, 2.24) is 0 Å². The first-order valence-corrected chi connectivity index (χ1v) is 7.34. The number of halogens is 4. The van der Waals surface area contributed by atoms with E-state index < -0.39 is 7.25 Å². The van der Waals surface area contributed by atoms with Crippen molar-refractivity contribution in [2.24, 2.45) is 5.73 Å². The molecule has 0 saturated heterocycles. The summed E-state index contributed by atoms with van der Waals surface area (Å²) in [7, 11) is -6.35. The molecule has 1 nitrogen and oxygen atoms in total. The number of hydrogen-bond donors (Lipinski definition) is 1. The summed E-state index contributed by atoms with van der Waals surface area (Å²) in [4.78, 5) is 0. The van der Waals surface area contributed by atoms with Crippen molar-refractivity contribution in [3.63, 3.8) is 0 Å². The minimum absolute atomic E-state index is 0.352. The van der Waals surface area contributed by atoms with Crippen LogP contribution in [0, 0.1) is 0 Å². The normalized spacial score (nSPS) is 13.4. The third-order valence-electron chi connectivity index (χ3n) is 2.20. The second-order valence-corrected chi connectivity index (χ2v) is 10.5. The topological polar surface area (TPSA) is 26.0 Å². The fourth-order valence-electron chi connectivity index (χ4n) is 2.02. The second kappa shape index (κ2) is 6.94. The Hall–Kier alpha value is 0.175. The van der Waals surface area contributed by atoms with Crippen molar-refractivity contribution in [2.75, 3.05) is 12.7 Å². The largest absolute Gasteiger partial charge is 0.673 e. The summed E-state index contributed by atoms with van der Waals surface area (Å²) in [6.45, 7) is 14.9. The lowest BCUT2D eigenvalue weighted by Crippen LogP contribution is -2.28. The second-order valence-electron chi connectivity index (χ2n) is 6.01. The molecule has 0 saturated carbocycles. The van der Waals surface area contributed by atoms with Crippen LogP contribution in [0.15, 0.2) is 0 Å². The van der Waals surface area contributed by atoms with Gasteiger partial charge in [0.1, 0.15) is 0 Å². The van der Waals surface area contributed by atoms with Crippen LogP contribution in [0.2, 0.25) is 0 Å². The van der Waals surface area contributed by atoms with E-state index >= 15 is 0 Å². The van der Waals surface area contributed by atoms with E-state index in [2.05, 4.69) is 41.5 Å². The van der Waals surface area contributed by atoms with Gasteiger partial charge in [-0.05, 0) is 41.5 Å². The van der Waals surface area contributed by atoms with Crippen LogP contribution < -0.4 is 5.73 Å². The highest BCUT2D eigenvalue weighted by atomic mass is 31.1. The van der Waals surface area contributed by atoms with Crippen LogP contribution in [0.1, 0.15) is 41.5 Å². The molecule has 0 atom stereocenters. The zero-order valence-corrected chi connectivity index (χ0v) is 12.6. The predicted molar refractivity (Wildman–Crippen MR) is 71.9 cm³/mol. The Morgan fingerprint density at radius 1 is 0.882 bits per heavy atom. The van der Waals surface area contributed by atoms with E-state index in [1.807, 2.05) is 0 Å². The molecule has 0 radical (unpaired) electrons. The maximum Gasteiger partial charge on any atom is 0.673 e. The quantitative estimate of drug-likeness (QED) is 0.460. The highest BCUT2D eigenvalue weighted by Gasteiger charge is 2.40. The fraction of sp³-hybridized carbons (Fsp3) is 1.00. The van der Waals surface area contributed by atoms with Crippen LogP contribution in [0.25, 0.3) is 0 Å². The third-order valence-corrected chi connectivity index (χ3v) is 6.61. The molecule has 0 aliphatic rings. The summed E-state index contributed by atoms with van der Waals surface area (Å²) in [5.41, 5.74) is 5.65. The van der Waals surface area contributed by atoms with E-state index in [0.29, 0.717) is 10.3 Å². The molecule has 17 heavy (non-hydrogen) atoms. The Morgan fingerprint density at radius 2 is 1.12 bits per heavy atom. The maximum absolute atomic E-state index is 9.75. The Kier molecular flexibility index (Phi) is 7.96. The summed E-state index contributed by atoms with van der Waals surface area (Å²) < 4.78 is 39.0. The molecule has 0 aliphatic heterocycles. The Balaban J connectivity index is 0. The van der Waals surface area contributed by atoms with Crippen LogP contribution in [0.5, 0.6) is 0 Å². The first-order chi connectivity index (χ1) is 7.19. The van der Waals surface area contributed by atoms with Crippen LogP contribution in [0.3, 0.4) is 0 Å². The van der Waals surface area contributed by atoms with Crippen LogP contribution in [-0.4, -0.2) is 30.3 Å². The summed E-state index contributed by atoms with van der Waals surface area (Å²) >= 11 is 0. The van der Waals surface area contributed by atoms with Gasteiger partial charge in [0.05, 0.1) is 16.5 Å². The monoisotopic (exact) mass is 277 g/mol. The lowest BCUT2D eigenvalue weighted by molar-refractivity contribution is 0.368. The van der Waals surface area contributed by atoms with E-state index in [4.69, 9.17) is 5.73 Å². The molecule has 0 aromatic rings. The van der Waals surface area contributed by atoms with Gasteiger partial charge >= 0.3 is 7.25 Å². The number of nitrogens with two attached hydrogens (primary N) is 1. The lowest BCUT2D eigenvalue weighted by Gasteiger charge is -2.33. The first kappa shape index (κ1) is 19.5. The first-order valence-electron chi connectivity index (χ1n) is 5.63. The van der Waals surface area contributed by atoms with Gasteiger partial charge < -0.3 is 23.0 Å². The molecule has 0 unspecified atom stereocenters. The Bertz CT molecular complexity index is 188. The molecule has 0 spiro atoms. The van der Waals surface area contributed by atoms with E-state index in [9.17, 15) is 17.3 Å². The fourth-order valence-corrected chi connectivity index (χ4v) is 6.06. The maximum atomic E-state index is 9.75. The number of hydrogen-bond acceptors (Lipinski definition) is 1. The molecule has 106 valence electrons. The molecule has 0 amide bonds. The number of rotatable bonds is 2. The minimum atomic E-state index is -6.00. The highest BCUT2D eigenvalue weighted by molar-refractivity contribution is 7.60. The molecular weight excluding hydrogens is 252 g/mol. The van der Waals surface area contributed by atoms with Gasteiger partial charge in [-0.1, -0.05) is 0 Å². The zero-order valence-electron chi connectivity index (χ0n) is 11.6. The van der Waals surface area contributed by atoms with Gasteiger partial charge in [-0.25, -0.2) is 0 Å². The molecule has 0 bridgehead atoms. The SMILES string of the molecule is CC(C)(C)[PH+](CCN)C(C)(C)C.F[B-](F)(F)F. The highest BCUT2D eigenvalue weighted by Crippen LogP contribution is 2.58. The van der Waals surface area contributed by atoms with Crippen molar-refractivity contribution in [1.29, 1.82) is 0 Å². The van der Waals surface area contributed by atoms with Gasteiger partial charge in [0.25, 0.3) is 0 Å². The van der Waals surface area contributed by atoms with E-state index in [1.165, 1.54) is 6.16 Å². The molecule has 0 heterocycles. The summed E-state index contributed by atoms with van der Waals surface area (Å²) in [5.74, 6) is 0. The smallest absolute Gasteiger partial charge is 0.418 e. The molecular formula is C10H25BF4NP. The Morgan fingerprint density at radius 3 is 1.18 bits per heavy atom. The standard InChI is InChI=1S/C10H24NP.BF4/c1-9(2,3)12(8-7-11)10(4,5)6;2-1(3,4)5/h7-8,11H2,1-6H3;/q;-1/p+1. The van der Waals surface area contributed by atoms with Gasteiger partial charge in [-0.15, -0.1) is 0 Å². The molecule has 0 fully saturated rings. The zero-order chi connectivity index (χ0) is 14.5. The third kappa shape index (κ3) is 14.1. The van der Waals surface area contributed by atoms with Crippen molar-refractivity contribution in [3.05, 3.63) is 0 Å². The minimum Gasteiger partial charge on any atom is -0.418 e. The van der Waals surface area contributed by atoms with Gasteiger partial charge in [-0.2, -0.15) is 0 Å². The van der Waals surface area contributed by atoms with Crippen LogP contribution >= 0.6 is 7.92 Å². The average Bonchev–Trinajstić information content (AvgIpc) is 1.91. The molecule has 0 aliphatic carbocycles. The van der Waals surface area contributed by atoms with E-state index in [0.717, 1.165) is 6.54 Å². The van der Waals surface area contributed by atoms with Crippen molar-refractivity contribution in [2.45, 2.75) is 51.9 Å². The van der Waals surface area contributed by atoms with E-state index in [-0.39, 0.29) is 7.92 Å². The molecule has 7 heteroatoms. The predicted octanol–water partition coefficient (Wildman–Crippen LogP) is 4.06. The summed E-state index contributed by atoms with van der Waals surface area (Å²) in [6.07, 6.45) is 1.23. The molecule has 0 aromatic heterocycles. The lowest BCUT2D eigenvalue weighted by atomic mass is 10.2. The van der Waals surface area contributed by atoms with Crippen molar-refractivity contribution >= 4 is 15.2 Å². The van der Waals surface area contributed by atoms with Crippen LogP contribution in [0.4, 0.5) is 17.3 Å². The van der Waals surface area contributed by atoms with Gasteiger partial charge in [0.15, 0.2) is 0 Å². The van der Waals surface area contributed by atoms with Crippen molar-refractivity contribution in [3.8, 4) is 0 Å². The van der Waals surface area contributed by atoms with Gasteiger partial charge in [0.2, 0.25) is 0 Å². The van der Waals surface area contributed by atoms with Gasteiger partial charge in [-0.3, -0.25) is 0 Å². The summed E-state index contributed by atoms with van der Waals surface area (Å²) in [6, 6.07) is 0. The molecule has 0 rings (SSSR count). The van der Waals surface area contributed by atoms with Gasteiger partial charge in [0, 0.05) is 14.5 Å². The van der Waals surface area contributed by atoms with E-state index in [1.54, 1.807) is 0 Å².